The number of aliphatic hydroxyl groups excluding tert-OH is 1. The van der Waals surface area contributed by atoms with Crippen molar-refractivity contribution in [3.8, 4) is 0 Å². The minimum Gasteiger partial charge on any atom is -0.388 e. The highest BCUT2D eigenvalue weighted by atomic mass is 19.1. The van der Waals surface area contributed by atoms with Gasteiger partial charge in [0.25, 0.3) is 0 Å². The maximum Gasteiger partial charge on any atom is 0.134 e. The lowest BCUT2D eigenvalue weighted by Gasteiger charge is -2.15. The van der Waals surface area contributed by atoms with Crippen LogP contribution in [-0.4, -0.2) is 5.11 Å². The molecule has 0 aliphatic carbocycles. The van der Waals surface area contributed by atoms with Gasteiger partial charge in [-0.15, -0.1) is 0 Å². The van der Waals surface area contributed by atoms with Gasteiger partial charge in [0.05, 0.1) is 11.7 Å². The molecule has 0 fully saturated rings. The van der Waals surface area contributed by atoms with E-state index in [1.165, 1.54) is 17.7 Å². The topological polar surface area (TPSA) is 20.2 Å². The summed E-state index contributed by atoms with van der Waals surface area (Å²) in [6.07, 6.45) is -0.995. The van der Waals surface area contributed by atoms with Crippen LogP contribution in [0.1, 0.15) is 48.1 Å². The maximum atomic E-state index is 14.0. The molecular weight excluding hydrogens is 270 g/mol. The van der Waals surface area contributed by atoms with E-state index in [4.69, 9.17) is 0 Å². The molecule has 2 aromatic rings. The van der Waals surface area contributed by atoms with Crippen LogP contribution in [-0.2, 0) is 6.42 Å². The summed E-state index contributed by atoms with van der Waals surface area (Å²) < 4.78 is 27.7. The summed E-state index contributed by atoms with van der Waals surface area (Å²) in [5.41, 5.74) is 2.14. The summed E-state index contributed by atoms with van der Waals surface area (Å²) in [6.45, 7) is 5.76. The van der Waals surface area contributed by atoms with E-state index >= 15 is 0 Å². The normalized spacial score (nSPS) is 12.7. The first-order valence-electron chi connectivity index (χ1n) is 7.11. The smallest absolute Gasteiger partial charge is 0.134 e. The fourth-order valence-corrected chi connectivity index (χ4v) is 2.35. The SMILES string of the molecule is Cc1ccc(F)c(C(O)Cc2ccc(C(C)C)cc2)c1F. The molecule has 1 unspecified atom stereocenters. The lowest BCUT2D eigenvalue weighted by molar-refractivity contribution is 0.168. The Labute approximate surface area is 124 Å². The quantitative estimate of drug-likeness (QED) is 0.867. The average molecular weight is 290 g/mol. The Kier molecular flexibility index (Phi) is 4.73. The van der Waals surface area contributed by atoms with Gasteiger partial charge in [-0.3, -0.25) is 0 Å². The largest absolute Gasteiger partial charge is 0.388 e. The number of benzene rings is 2. The van der Waals surface area contributed by atoms with Gasteiger partial charge in [-0.1, -0.05) is 44.2 Å². The Morgan fingerprint density at radius 3 is 2.19 bits per heavy atom. The minimum atomic E-state index is -1.19. The predicted octanol–water partition coefficient (Wildman–Crippen LogP) is 4.67. The molecule has 112 valence electrons. The van der Waals surface area contributed by atoms with Gasteiger partial charge in [-0.05, 0) is 35.6 Å². The molecule has 0 saturated heterocycles. The van der Waals surface area contributed by atoms with E-state index in [0.29, 0.717) is 11.5 Å². The Balaban J connectivity index is 2.22. The lowest BCUT2D eigenvalue weighted by Crippen LogP contribution is -2.08. The van der Waals surface area contributed by atoms with E-state index < -0.39 is 17.7 Å². The van der Waals surface area contributed by atoms with Crippen LogP contribution in [0.5, 0.6) is 0 Å². The van der Waals surface area contributed by atoms with E-state index in [2.05, 4.69) is 13.8 Å². The van der Waals surface area contributed by atoms with Crippen LogP contribution in [0, 0.1) is 18.6 Å². The van der Waals surface area contributed by atoms with Gasteiger partial charge in [-0.2, -0.15) is 0 Å². The van der Waals surface area contributed by atoms with Gasteiger partial charge in [0, 0.05) is 6.42 Å². The number of aryl methyl sites for hydroxylation is 1. The van der Waals surface area contributed by atoms with Crippen molar-refractivity contribution in [1.82, 2.24) is 0 Å². The van der Waals surface area contributed by atoms with Crippen LogP contribution < -0.4 is 0 Å². The fourth-order valence-electron chi connectivity index (χ4n) is 2.35. The van der Waals surface area contributed by atoms with Crippen molar-refractivity contribution in [2.45, 2.75) is 39.2 Å². The van der Waals surface area contributed by atoms with Gasteiger partial charge in [0.15, 0.2) is 0 Å². The molecule has 0 spiro atoms. The van der Waals surface area contributed by atoms with Crippen LogP contribution in [0.15, 0.2) is 36.4 Å². The van der Waals surface area contributed by atoms with Crippen LogP contribution in [0.2, 0.25) is 0 Å². The molecule has 0 bridgehead atoms. The van der Waals surface area contributed by atoms with E-state index in [9.17, 15) is 13.9 Å². The molecule has 21 heavy (non-hydrogen) atoms. The summed E-state index contributed by atoms with van der Waals surface area (Å²) in [4.78, 5) is 0. The molecular formula is C18H20F2O. The monoisotopic (exact) mass is 290 g/mol. The first-order valence-corrected chi connectivity index (χ1v) is 7.11. The van der Waals surface area contributed by atoms with Crippen molar-refractivity contribution in [3.05, 3.63) is 70.3 Å². The molecule has 2 aromatic carbocycles. The second-order valence-electron chi connectivity index (χ2n) is 5.71. The van der Waals surface area contributed by atoms with Gasteiger partial charge >= 0.3 is 0 Å². The van der Waals surface area contributed by atoms with Crippen molar-refractivity contribution >= 4 is 0 Å². The first-order chi connectivity index (χ1) is 9.90. The maximum absolute atomic E-state index is 14.0. The third-order valence-electron chi connectivity index (χ3n) is 3.73. The molecule has 1 N–H and O–H groups in total. The summed E-state index contributed by atoms with van der Waals surface area (Å²) in [5.74, 6) is -0.943. The van der Waals surface area contributed by atoms with Crippen molar-refractivity contribution in [1.29, 1.82) is 0 Å². The zero-order chi connectivity index (χ0) is 15.6. The predicted molar refractivity (Wildman–Crippen MR) is 80.3 cm³/mol. The standard InChI is InChI=1S/C18H20F2O/c1-11(2)14-7-5-13(6-8-14)10-16(21)17-15(19)9-4-12(3)18(17)20/h4-9,11,16,21H,10H2,1-3H3. The van der Waals surface area contributed by atoms with Crippen LogP contribution in [0.25, 0.3) is 0 Å². The first kappa shape index (κ1) is 15.6. The van der Waals surface area contributed by atoms with E-state index in [-0.39, 0.29) is 12.0 Å². The van der Waals surface area contributed by atoms with Gasteiger partial charge in [-0.25, -0.2) is 8.78 Å². The van der Waals surface area contributed by atoms with Crippen molar-refractivity contribution in [2.75, 3.05) is 0 Å². The summed E-state index contributed by atoms with van der Waals surface area (Å²) in [6, 6.07) is 10.3. The van der Waals surface area contributed by atoms with E-state index in [1.54, 1.807) is 6.92 Å². The third-order valence-corrected chi connectivity index (χ3v) is 3.73. The summed E-state index contributed by atoms with van der Waals surface area (Å²) in [5, 5.41) is 10.2. The number of hydrogen-bond acceptors (Lipinski definition) is 1. The lowest BCUT2D eigenvalue weighted by atomic mass is 9.96. The molecule has 0 aliphatic heterocycles. The van der Waals surface area contributed by atoms with E-state index in [1.807, 2.05) is 24.3 Å². The number of rotatable bonds is 4. The average Bonchev–Trinajstić information content (AvgIpc) is 2.44. The van der Waals surface area contributed by atoms with E-state index in [0.717, 1.165) is 5.56 Å². The Bertz CT molecular complexity index is 618. The molecule has 0 amide bonds. The number of aliphatic hydroxyl groups is 1. The second-order valence-corrected chi connectivity index (χ2v) is 5.71. The highest BCUT2D eigenvalue weighted by molar-refractivity contribution is 5.31. The fraction of sp³-hybridized carbons (Fsp3) is 0.333. The molecule has 1 atom stereocenters. The minimum absolute atomic E-state index is 0.190. The summed E-state index contributed by atoms with van der Waals surface area (Å²) in [7, 11) is 0. The molecule has 2 rings (SSSR count). The molecule has 0 aliphatic rings. The van der Waals surface area contributed by atoms with Gasteiger partial charge in [0.2, 0.25) is 0 Å². The molecule has 0 aromatic heterocycles. The Morgan fingerprint density at radius 1 is 1.00 bits per heavy atom. The van der Waals surface area contributed by atoms with Gasteiger partial charge in [0.1, 0.15) is 11.6 Å². The molecule has 1 nitrogen and oxygen atoms in total. The molecule has 3 heteroatoms. The zero-order valence-electron chi connectivity index (χ0n) is 12.5. The highest BCUT2D eigenvalue weighted by Crippen LogP contribution is 2.26. The third kappa shape index (κ3) is 3.48. The van der Waals surface area contributed by atoms with Gasteiger partial charge < -0.3 is 5.11 Å². The Morgan fingerprint density at radius 2 is 1.62 bits per heavy atom. The number of hydrogen-bond donors (Lipinski definition) is 1. The molecule has 0 saturated carbocycles. The molecule has 0 radical (unpaired) electrons. The van der Waals surface area contributed by atoms with Crippen LogP contribution in [0.3, 0.4) is 0 Å². The zero-order valence-corrected chi connectivity index (χ0v) is 12.5. The van der Waals surface area contributed by atoms with Crippen LogP contribution >= 0.6 is 0 Å². The van der Waals surface area contributed by atoms with Crippen LogP contribution in [0.4, 0.5) is 8.78 Å². The van der Waals surface area contributed by atoms with Crippen molar-refractivity contribution in [3.63, 3.8) is 0 Å². The molecule has 0 heterocycles. The second kappa shape index (κ2) is 6.35. The summed E-state index contributed by atoms with van der Waals surface area (Å²) >= 11 is 0. The van der Waals surface area contributed by atoms with Crippen molar-refractivity contribution < 1.29 is 13.9 Å². The van der Waals surface area contributed by atoms with Crippen molar-refractivity contribution in [2.24, 2.45) is 0 Å². The Hall–Kier alpha value is -1.74. The number of halogens is 2. The highest BCUT2D eigenvalue weighted by Gasteiger charge is 2.19.